The van der Waals surface area contributed by atoms with Crippen LogP contribution in [0.5, 0.6) is 17.4 Å². The normalized spacial score (nSPS) is 15.9. The molecule has 2 saturated heterocycles. The summed E-state index contributed by atoms with van der Waals surface area (Å²) in [5.41, 5.74) is -0.209. The second-order valence-corrected chi connectivity index (χ2v) is 13.6. The van der Waals surface area contributed by atoms with E-state index in [0.29, 0.717) is 29.2 Å². The molecule has 14 nitrogen and oxygen atoms in total. The molecular formula is C35H43N7O7S. The first-order chi connectivity index (χ1) is 24.1. The lowest BCUT2D eigenvalue weighted by molar-refractivity contribution is 0.0690. The summed E-state index contributed by atoms with van der Waals surface area (Å²) in [7, 11) is -2.04. The van der Waals surface area contributed by atoms with Crippen molar-refractivity contribution in [3.05, 3.63) is 65.9 Å². The number of piperidine rings is 1. The van der Waals surface area contributed by atoms with Gasteiger partial charge in [-0.05, 0) is 68.8 Å². The maximum Gasteiger partial charge on any atom is 0.321 e. The number of anilines is 2. The molecule has 1 N–H and O–H groups in total. The quantitative estimate of drug-likeness (QED) is 0.307. The summed E-state index contributed by atoms with van der Waals surface area (Å²) in [6.07, 6.45) is 3.01. The molecule has 50 heavy (non-hydrogen) atoms. The van der Waals surface area contributed by atoms with Gasteiger partial charge in [-0.25, -0.2) is 18.2 Å². The van der Waals surface area contributed by atoms with E-state index in [-0.39, 0.29) is 45.6 Å². The van der Waals surface area contributed by atoms with Crippen molar-refractivity contribution in [1.82, 2.24) is 19.7 Å². The van der Waals surface area contributed by atoms with Crippen LogP contribution in [0.4, 0.5) is 16.2 Å². The Morgan fingerprint density at radius 1 is 1.00 bits per heavy atom. The third-order valence-corrected chi connectivity index (χ3v) is 10.8. The number of ether oxygens (including phenoxy) is 3. The monoisotopic (exact) mass is 705 g/mol. The molecule has 0 bridgehead atoms. The third kappa shape index (κ3) is 7.77. The molecule has 2 aliphatic heterocycles. The molecule has 3 aromatic rings. The summed E-state index contributed by atoms with van der Waals surface area (Å²) in [6.45, 7) is 10.1. The van der Waals surface area contributed by atoms with Gasteiger partial charge < -0.3 is 29.3 Å². The van der Waals surface area contributed by atoms with Crippen LogP contribution in [0.15, 0.2) is 59.6 Å². The minimum atomic E-state index is -4.77. The van der Waals surface area contributed by atoms with Gasteiger partial charge in [0.25, 0.3) is 15.9 Å². The number of nitriles is 1. The van der Waals surface area contributed by atoms with Crippen molar-refractivity contribution in [2.75, 3.05) is 76.3 Å². The number of amides is 3. The number of likely N-dealkylation sites (N-methyl/N-ethyl adjacent to an activating group) is 1. The Kier molecular flexibility index (Phi) is 11.8. The molecule has 3 heterocycles. The number of hydrogen-bond acceptors (Lipinski definition) is 11. The van der Waals surface area contributed by atoms with Crippen LogP contribution in [0.2, 0.25) is 0 Å². The minimum Gasteiger partial charge on any atom is -0.497 e. The number of aromatic nitrogens is 1. The summed E-state index contributed by atoms with van der Waals surface area (Å²) in [5, 5.41) is 12.6. The molecule has 0 unspecified atom stereocenters. The molecule has 1 aromatic heterocycles. The van der Waals surface area contributed by atoms with Crippen molar-refractivity contribution < 1.29 is 32.2 Å². The van der Waals surface area contributed by atoms with Gasteiger partial charge in [0, 0.05) is 57.6 Å². The van der Waals surface area contributed by atoms with E-state index in [1.807, 2.05) is 6.07 Å². The van der Waals surface area contributed by atoms with Gasteiger partial charge in [0.05, 0.1) is 43.8 Å². The van der Waals surface area contributed by atoms with Crippen LogP contribution in [0.3, 0.4) is 0 Å². The first-order valence-electron chi connectivity index (χ1n) is 16.6. The van der Waals surface area contributed by atoms with Gasteiger partial charge in [0.15, 0.2) is 0 Å². The topological polar surface area (TPSA) is 158 Å². The van der Waals surface area contributed by atoms with Crippen molar-refractivity contribution in [1.29, 1.82) is 5.26 Å². The first-order valence-corrected chi connectivity index (χ1v) is 18.0. The number of nitrogens with zero attached hydrogens (tertiary/aromatic N) is 6. The predicted octanol–water partition coefficient (Wildman–Crippen LogP) is 4.04. The Morgan fingerprint density at radius 2 is 1.74 bits per heavy atom. The maximum absolute atomic E-state index is 14.6. The van der Waals surface area contributed by atoms with Crippen LogP contribution in [0.25, 0.3) is 0 Å². The Bertz CT molecular complexity index is 1830. The Morgan fingerprint density at radius 3 is 2.38 bits per heavy atom. The molecule has 0 atom stereocenters. The van der Waals surface area contributed by atoms with Crippen LogP contribution in [-0.4, -0.2) is 113 Å². The number of carbonyl (C=O) groups excluding carboxylic acids is 2. The summed E-state index contributed by atoms with van der Waals surface area (Å²) >= 11 is 0. The van der Waals surface area contributed by atoms with E-state index in [4.69, 9.17) is 14.2 Å². The number of hydrogen-bond donors (Lipinski definition) is 1. The number of methoxy groups -OCH3 is 2. The Labute approximate surface area is 293 Å². The average Bonchev–Trinajstić information content (AvgIpc) is 3.15. The Hall–Kier alpha value is -4.91. The molecule has 0 saturated carbocycles. The zero-order valence-electron chi connectivity index (χ0n) is 28.8. The Balaban J connectivity index is 1.51. The molecule has 0 radical (unpaired) electrons. The SMILES string of the molecule is CCOc1ncccc1C(=O)N(c1ccc(C#N)cc1NC(=O)N1CCC(N2CCN(CC)CC2)CC1)S(=O)(=O)c1ccc(OC)cc1OC. The summed E-state index contributed by atoms with van der Waals surface area (Å²) in [4.78, 5) is 38.6. The largest absolute Gasteiger partial charge is 0.497 e. The van der Waals surface area contributed by atoms with Gasteiger partial charge in [0.2, 0.25) is 5.88 Å². The number of sulfonamides is 1. The molecule has 2 aromatic carbocycles. The highest BCUT2D eigenvalue weighted by molar-refractivity contribution is 7.93. The molecule has 5 rings (SSSR count). The van der Waals surface area contributed by atoms with Crippen molar-refractivity contribution in [3.8, 4) is 23.4 Å². The highest BCUT2D eigenvalue weighted by Gasteiger charge is 2.38. The van der Waals surface area contributed by atoms with Crippen LogP contribution < -0.4 is 23.8 Å². The molecule has 0 aliphatic carbocycles. The standard InChI is InChI=1S/C35H43N7O7S/c1-5-39-18-20-40(21-19-39)26-13-16-41(17-14-26)35(44)38-29-22-25(24-36)9-11-30(29)42(34(43)28-8-7-15-37-33(28)49-6-2)50(45,46)32-12-10-27(47-3)23-31(32)48-4/h7-12,15,22-23,26H,5-6,13-14,16-21H2,1-4H3,(H,38,44). The summed E-state index contributed by atoms with van der Waals surface area (Å²) < 4.78 is 46.1. The second kappa shape index (κ2) is 16.2. The molecule has 15 heteroatoms. The van der Waals surface area contributed by atoms with Crippen LogP contribution in [-0.2, 0) is 10.0 Å². The smallest absolute Gasteiger partial charge is 0.321 e. The average molecular weight is 706 g/mol. The van der Waals surface area contributed by atoms with Crippen molar-refractivity contribution in [2.24, 2.45) is 0 Å². The number of likely N-dealkylation sites (tertiary alicyclic amines) is 1. The fourth-order valence-corrected chi connectivity index (χ4v) is 7.87. The maximum atomic E-state index is 14.6. The van der Waals surface area contributed by atoms with E-state index in [0.717, 1.165) is 45.6 Å². The highest BCUT2D eigenvalue weighted by atomic mass is 32.2. The lowest BCUT2D eigenvalue weighted by Gasteiger charge is -2.42. The van der Waals surface area contributed by atoms with Crippen LogP contribution >= 0.6 is 0 Å². The number of piperazine rings is 1. The van der Waals surface area contributed by atoms with Gasteiger partial charge in [-0.3, -0.25) is 9.69 Å². The number of carbonyl (C=O) groups is 2. The summed E-state index contributed by atoms with van der Waals surface area (Å²) in [5.74, 6) is -0.803. The van der Waals surface area contributed by atoms with Gasteiger partial charge in [-0.15, -0.1) is 0 Å². The number of pyridine rings is 1. The zero-order valence-corrected chi connectivity index (χ0v) is 29.6. The molecule has 0 spiro atoms. The van der Waals surface area contributed by atoms with E-state index in [1.165, 1.54) is 68.9 Å². The van der Waals surface area contributed by atoms with Crippen molar-refractivity contribution >= 4 is 33.3 Å². The van der Waals surface area contributed by atoms with Crippen molar-refractivity contribution in [3.63, 3.8) is 0 Å². The second-order valence-electron chi connectivity index (χ2n) is 11.8. The molecule has 2 fully saturated rings. The fourth-order valence-electron chi connectivity index (χ4n) is 6.30. The fraction of sp³-hybridized carbons (Fsp3) is 0.429. The third-order valence-electron chi connectivity index (χ3n) is 9.06. The van der Waals surface area contributed by atoms with E-state index in [2.05, 4.69) is 27.0 Å². The molecular weight excluding hydrogens is 662 g/mol. The molecule has 2 aliphatic rings. The van der Waals surface area contributed by atoms with Crippen LogP contribution in [0, 0.1) is 11.3 Å². The minimum absolute atomic E-state index is 0.0434. The van der Waals surface area contributed by atoms with E-state index in [9.17, 15) is 23.3 Å². The zero-order chi connectivity index (χ0) is 35.8. The van der Waals surface area contributed by atoms with Gasteiger partial charge in [0.1, 0.15) is 22.0 Å². The number of urea groups is 1. The number of benzene rings is 2. The summed E-state index contributed by atoms with van der Waals surface area (Å²) in [6, 6.07) is 13.0. The molecule has 3 amide bonds. The van der Waals surface area contributed by atoms with E-state index in [1.54, 1.807) is 11.8 Å². The van der Waals surface area contributed by atoms with Gasteiger partial charge >= 0.3 is 6.03 Å². The first kappa shape index (κ1) is 36.4. The van der Waals surface area contributed by atoms with Gasteiger partial charge in [-0.1, -0.05) is 6.92 Å². The predicted molar refractivity (Wildman–Crippen MR) is 187 cm³/mol. The van der Waals surface area contributed by atoms with Gasteiger partial charge in [-0.2, -0.15) is 9.57 Å². The lowest BCUT2D eigenvalue weighted by Crippen LogP contribution is -2.54. The van der Waals surface area contributed by atoms with E-state index < -0.39 is 22.0 Å². The van der Waals surface area contributed by atoms with Crippen molar-refractivity contribution in [2.45, 2.75) is 37.6 Å². The van der Waals surface area contributed by atoms with E-state index >= 15 is 0 Å². The van der Waals surface area contributed by atoms with Crippen LogP contribution in [0.1, 0.15) is 42.6 Å². The number of rotatable bonds is 11. The number of nitrogens with one attached hydrogen (secondary N) is 1. The lowest BCUT2D eigenvalue weighted by atomic mass is 10.0. The molecule has 266 valence electrons. The highest BCUT2D eigenvalue weighted by Crippen LogP contribution is 2.38.